The lowest BCUT2D eigenvalue weighted by Crippen LogP contribution is -2.09. The van der Waals surface area contributed by atoms with Gasteiger partial charge in [-0.05, 0) is 110 Å². The van der Waals surface area contributed by atoms with Crippen LogP contribution in [0, 0.1) is 37.5 Å². The van der Waals surface area contributed by atoms with Gasteiger partial charge in [0.2, 0.25) is 0 Å². The van der Waals surface area contributed by atoms with Crippen LogP contribution in [-0.2, 0) is 16.0 Å². The quantitative estimate of drug-likeness (QED) is 0.171. The van der Waals surface area contributed by atoms with Gasteiger partial charge in [0.1, 0.15) is 5.75 Å². The maximum absolute atomic E-state index is 10.9. The molecule has 7 heteroatoms. The molecule has 0 saturated heterocycles. The van der Waals surface area contributed by atoms with Gasteiger partial charge >= 0.3 is 11.9 Å². The van der Waals surface area contributed by atoms with Crippen LogP contribution in [0.4, 0.5) is 0 Å². The summed E-state index contributed by atoms with van der Waals surface area (Å²) in [7, 11) is 0. The normalized spacial score (nSPS) is 11.2. The van der Waals surface area contributed by atoms with Crippen molar-refractivity contribution in [2.75, 3.05) is 18.1 Å². The van der Waals surface area contributed by atoms with Crippen LogP contribution in [0.5, 0.6) is 5.75 Å². The summed E-state index contributed by atoms with van der Waals surface area (Å²) >= 11 is 3.37. The average Bonchev–Trinajstić information content (AvgIpc) is 2.96. The van der Waals surface area contributed by atoms with E-state index in [2.05, 4.69) is 35.8 Å². The molecule has 0 amide bonds. The van der Waals surface area contributed by atoms with Gasteiger partial charge in [-0.1, -0.05) is 41.9 Å². The summed E-state index contributed by atoms with van der Waals surface area (Å²) in [6, 6.07) is 19.5. The fraction of sp³-hybridized carbons (Fsp3) is 0.222. The smallest absolute Gasteiger partial charge is 0.341 e. The third-order valence-corrected chi connectivity index (χ3v) is 7.97. The lowest BCUT2D eigenvalue weighted by molar-refractivity contribution is -0.139. The lowest BCUT2D eigenvalue weighted by Gasteiger charge is -2.08. The summed E-state index contributed by atoms with van der Waals surface area (Å²) in [5.41, 5.74) is 6.56. The van der Waals surface area contributed by atoms with Crippen LogP contribution in [0.3, 0.4) is 0 Å². The molecule has 220 valence electrons. The van der Waals surface area contributed by atoms with E-state index in [-0.39, 0.29) is 13.0 Å². The number of allylic oxidation sites excluding steroid dienone is 2. The van der Waals surface area contributed by atoms with Crippen LogP contribution in [0.15, 0.2) is 93.8 Å². The van der Waals surface area contributed by atoms with Crippen LogP contribution in [0.1, 0.15) is 41.7 Å². The summed E-state index contributed by atoms with van der Waals surface area (Å²) in [5, 5.41) is 17.8. The van der Waals surface area contributed by atoms with Gasteiger partial charge < -0.3 is 14.9 Å². The number of carboxylic acid groups (broad SMARTS) is 2. The molecule has 0 aliphatic heterocycles. The van der Waals surface area contributed by atoms with Crippen LogP contribution in [0.2, 0.25) is 0 Å². The van der Waals surface area contributed by atoms with E-state index in [9.17, 15) is 9.59 Å². The fourth-order valence-corrected chi connectivity index (χ4v) is 5.64. The molecule has 0 radical (unpaired) electrons. The van der Waals surface area contributed by atoms with Crippen molar-refractivity contribution in [3.63, 3.8) is 0 Å². The highest BCUT2D eigenvalue weighted by atomic mass is 32.2. The molecule has 43 heavy (non-hydrogen) atoms. The molecule has 0 aromatic heterocycles. The second kappa shape index (κ2) is 17.0. The molecular weight excluding hydrogens is 577 g/mol. The first-order valence-electron chi connectivity index (χ1n) is 13.6. The standard InChI is InChI=1S/C36H34O5S2/c1-25(17-19-42-32-14-13-31(23-35(37)38)27(3)21-32)5-7-29-9-11-30(12-10-29)8-6-26(2)18-20-43-33-15-16-34(28(4)22-33)41-24-36(39)40/h9-18,21-22H,19-20,23-24H2,1-4H3,(H,37,38)(H,39,40). The third kappa shape index (κ3) is 12.2. The summed E-state index contributed by atoms with van der Waals surface area (Å²) in [6.45, 7) is 7.48. The Morgan fingerprint density at radius 1 is 0.744 bits per heavy atom. The highest BCUT2D eigenvalue weighted by Crippen LogP contribution is 2.26. The molecule has 0 saturated carbocycles. The highest BCUT2D eigenvalue weighted by molar-refractivity contribution is 7.99. The number of hydrogen-bond donors (Lipinski definition) is 2. The average molecular weight is 611 g/mol. The van der Waals surface area contributed by atoms with E-state index >= 15 is 0 Å². The van der Waals surface area contributed by atoms with E-state index in [0.29, 0.717) is 5.75 Å². The first-order chi connectivity index (χ1) is 20.6. The van der Waals surface area contributed by atoms with E-state index in [1.165, 1.54) is 0 Å². The van der Waals surface area contributed by atoms with E-state index in [1.807, 2.05) is 82.3 Å². The molecule has 0 heterocycles. The number of aliphatic carboxylic acids is 2. The number of thioether (sulfide) groups is 2. The Morgan fingerprint density at radius 3 is 1.72 bits per heavy atom. The summed E-state index contributed by atoms with van der Waals surface area (Å²) < 4.78 is 5.28. The Kier molecular flexibility index (Phi) is 13.1. The molecule has 0 spiro atoms. The minimum atomic E-state index is -0.995. The largest absolute Gasteiger partial charge is 0.482 e. The molecule has 0 aliphatic carbocycles. The monoisotopic (exact) mass is 610 g/mol. The van der Waals surface area contributed by atoms with E-state index < -0.39 is 11.9 Å². The first kappa shape index (κ1) is 33.2. The molecule has 0 bridgehead atoms. The maximum atomic E-state index is 10.9. The summed E-state index contributed by atoms with van der Waals surface area (Å²) in [4.78, 5) is 23.8. The fourth-order valence-electron chi connectivity index (χ4n) is 3.74. The molecule has 3 aromatic carbocycles. The van der Waals surface area contributed by atoms with Gasteiger partial charge in [-0.25, -0.2) is 4.79 Å². The Morgan fingerprint density at radius 2 is 1.26 bits per heavy atom. The van der Waals surface area contributed by atoms with Crippen molar-refractivity contribution in [2.45, 2.75) is 43.9 Å². The highest BCUT2D eigenvalue weighted by Gasteiger charge is 2.06. The van der Waals surface area contributed by atoms with Gasteiger partial charge in [-0.15, -0.1) is 23.5 Å². The second-order valence-electron chi connectivity index (χ2n) is 9.74. The van der Waals surface area contributed by atoms with Crippen molar-refractivity contribution in [3.05, 3.63) is 112 Å². The zero-order valence-corrected chi connectivity index (χ0v) is 26.3. The molecular formula is C36H34O5S2. The van der Waals surface area contributed by atoms with E-state index in [4.69, 9.17) is 14.9 Å². The Balaban J connectivity index is 1.47. The van der Waals surface area contributed by atoms with Crippen molar-refractivity contribution in [1.82, 2.24) is 0 Å². The topological polar surface area (TPSA) is 83.8 Å². The zero-order chi connectivity index (χ0) is 31.2. The van der Waals surface area contributed by atoms with Gasteiger partial charge in [0.15, 0.2) is 6.61 Å². The van der Waals surface area contributed by atoms with Crippen LogP contribution < -0.4 is 4.74 Å². The van der Waals surface area contributed by atoms with Crippen LogP contribution in [0.25, 0.3) is 0 Å². The van der Waals surface area contributed by atoms with Crippen molar-refractivity contribution < 1.29 is 24.5 Å². The second-order valence-corrected chi connectivity index (χ2v) is 11.9. The Bertz CT molecular complexity index is 1640. The van der Waals surface area contributed by atoms with Crippen molar-refractivity contribution in [3.8, 4) is 29.4 Å². The maximum Gasteiger partial charge on any atom is 0.341 e. The SMILES string of the molecule is CC(C#Cc1ccc(C#CC(C)=CCSc2ccc(OCC(=O)O)c(C)c2)cc1)=CCSc1ccc(CC(=O)O)c(C)c1. The molecule has 0 aliphatic rings. The third-order valence-electron chi connectivity index (χ3n) is 6.13. The minimum absolute atomic E-state index is 0.0448. The number of hydrogen-bond acceptors (Lipinski definition) is 5. The summed E-state index contributed by atoms with van der Waals surface area (Å²) in [6.07, 6.45) is 4.23. The number of ether oxygens (including phenoxy) is 1. The van der Waals surface area contributed by atoms with E-state index in [1.54, 1.807) is 29.6 Å². The molecule has 0 unspecified atom stereocenters. The van der Waals surface area contributed by atoms with E-state index in [0.717, 1.165) is 60.3 Å². The molecule has 3 aromatic rings. The van der Waals surface area contributed by atoms with Crippen molar-refractivity contribution in [2.24, 2.45) is 0 Å². The molecule has 3 rings (SSSR count). The minimum Gasteiger partial charge on any atom is -0.482 e. The molecule has 5 nitrogen and oxygen atoms in total. The predicted molar refractivity (Wildman–Crippen MR) is 176 cm³/mol. The van der Waals surface area contributed by atoms with Crippen molar-refractivity contribution >= 4 is 35.5 Å². The van der Waals surface area contributed by atoms with Gasteiger partial charge in [0, 0.05) is 32.4 Å². The first-order valence-corrected chi connectivity index (χ1v) is 15.6. The van der Waals surface area contributed by atoms with Gasteiger partial charge in [0.25, 0.3) is 0 Å². The molecule has 0 atom stereocenters. The number of benzene rings is 3. The number of aryl methyl sites for hydroxylation is 2. The summed E-state index contributed by atoms with van der Waals surface area (Å²) in [5.74, 6) is 13.1. The lowest BCUT2D eigenvalue weighted by atomic mass is 10.1. The van der Waals surface area contributed by atoms with Gasteiger partial charge in [-0.2, -0.15) is 0 Å². The number of rotatable bonds is 11. The Labute approximate surface area is 262 Å². The Hall–Kier alpha value is -4.30. The molecule has 0 fully saturated rings. The zero-order valence-electron chi connectivity index (χ0n) is 24.7. The van der Waals surface area contributed by atoms with Crippen LogP contribution in [-0.4, -0.2) is 40.3 Å². The molecule has 2 N–H and O–H groups in total. The predicted octanol–water partition coefficient (Wildman–Crippen LogP) is 7.57. The van der Waals surface area contributed by atoms with Crippen molar-refractivity contribution in [1.29, 1.82) is 0 Å². The van der Waals surface area contributed by atoms with Gasteiger partial charge in [-0.3, -0.25) is 4.79 Å². The number of carboxylic acids is 2. The van der Waals surface area contributed by atoms with Crippen LogP contribution >= 0.6 is 23.5 Å². The van der Waals surface area contributed by atoms with Gasteiger partial charge in [0.05, 0.1) is 6.42 Å². The number of carbonyl (C=O) groups is 2.